The highest BCUT2D eigenvalue weighted by molar-refractivity contribution is 7.91. The molecule has 0 radical (unpaired) electrons. The van der Waals surface area contributed by atoms with Gasteiger partial charge >= 0.3 is 5.97 Å². The Kier molecular flexibility index (Phi) is 9.19. The second kappa shape index (κ2) is 11.6. The van der Waals surface area contributed by atoms with Gasteiger partial charge in [-0.05, 0) is 36.3 Å². The number of ether oxygens (including phenoxy) is 1. The Bertz CT molecular complexity index is 1150. The van der Waals surface area contributed by atoms with E-state index in [4.69, 9.17) is 9.84 Å². The van der Waals surface area contributed by atoms with Gasteiger partial charge in [0.25, 0.3) is 6.47 Å². The van der Waals surface area contributed by atoms with Crippen molar-refractivity contribution in [2.24, 2.45) is 0 Å². The molecule has 0 aliphatic heterocycles. The molecular formula is C22H25F2N3O6S. The van der Waals surface area contributed by atoms with Gasteiger partial charge in [-0.15, -0.1) is 0 Å². The average molecular weight is 498 g/mol. The number of carboxylic acid groups (broad SMARTS) is 1. The van der Waals surface area contributed by atoms with Crippen molar-refractivity contribution in [3.05, 3.63) is 47.4 Å². The summed E-state index contributed by atoms with van der Waals surface area (Å²) < 4.78 is 58.1. The van der Waals surface area contributed by atoms with Crippen LogP contribution in [0.3, 0.4) is 0 Å². The van der Waals surface area contributed by atoms with E-state index in [-0.39, 0.29) is 30.5 Å². The molecule has 2 N–H and O–H groups in total. The quantitative estimate of drug-likeness (QED) is 0.425. The molecule has 0 unspecified atom stereocenters. The maximum atomic E-state index is 14.0. The summed E-state index contributed by atoms with van der Waals surface area (Å²) >= 11 is 0. The average Bonchev–Trinajstić information content (AvgIpc) is 2.71. The smallest absolute Gasteiger partial charge is 0.306 e. The number of carboxylic acids is 1. The number of anilines is 1. The van der Waals surface area contributed by atoms with Crippen LogP contribution in [0.4, 0.5) is 14.7 Å². The molecule has 0 saturated heterocycles. The number of aliphatic carboxylic acids is 1. The molecule has 0 aliphatic carbocycles. The SMILES string of the molecule is CC(C)c1nc(NS(C)(=O)=O)nc(-c2ccc(F)cc2)c1/C=C/[C@@H](C[C@H](F)CC(=O)O)OC=O. The van der Waals surface area contributed by atoms with Crippen molar-refractivity contribution in [1.29, 1.82) is 0 Å². The van der Waals surface area contributed by atoms with Crippen LogP contribution in [-0.4, -0.2) is 54.5 Å². The minimum atomic E-state index is -3.70. The summed E-state index contributed by atoms with van der Waals surface area (Å²) in [6.07, 6.45) is -0.182. The van der Waals surface area contributed by atoms with Crippen LogP contribution in [0.15, 0.2) is 30.3 Å². The Morgan fingerprint density at radius 1 is 1.24 bits per heavy atom. The van der Waals surface area contributed by atoms with Crippen LogP contribution in [0.25, 0.3) is 17.3 Å². The van der Waals surface area contributed by atoms with Gasteiger partial charge in [0, 0.05) is 17.5 Å². The summed E-state index contributed by atoms with van der Waals surface area (Å²) in [7, 11) is -3.70. The van der Waals surface area contributed by atoms with Crippen molar-refractivity contribution in [2.75, 3.05) is 11.0 Å². The Morgan fingerprint density at radius 3 is 2.41 bits per heavy atom. The molecule has 1 heterocycles. The number of carbonyl (C=O) groups excluding carboxylic acids is 1. The van der Waals surface area contributed by atoms with Crippen LogP contribution in [0.2, 0.25) is 0 Å². The van der Waals surface area contributed by atoms with Gasteiger partial charge in [0.15, 0.2) is 0 Å². The summed E-state index contributed by atoms with van der Waals surface area (Å²) in [4.78, 5) is 30.2. The predicted molar refractivity (Wildman–Crippen MR) is 122 cm³/mol. The number of benzene rings is 1. The Morgan fingerprint density at radius 2 is 1.88 bits per heavy atom. The molecule has 1 aromatic heterocycles. The molecule has 0 saturated carbocycles. The summed E-state index contributed by atoms with van der Waals surface area (Å²) in [6.45, 7) is 3.74. The number of rotatable bonds is 12. The third kappa shape index (κ3) is 8.18. The Labute approximate surface area is 195 Å². The largest absolute Gasteiger partial charge is 0.481 e. The third-order valence-corrected chi connectivity index (χ3v) is 5.06. The first-order valence-corrected chi connectivity index (χ1v) is 12.1. The van der Waals surface area contributed by atoms with Crippen molar-refractivity contribution in [3.63, 3.8) is 0 Å². The first kappa shape index (κ1) is 26.8. The fraction of sp³-hybridized carbons (Fsp3) is 0.364. The van der Waals surface area contributed by atoms with E-state index in [9.17, 15) is 26.8 Å². The molecule has 34 heavy (non-hydrogen) atoms. The standard InChI is InChI=1S/C22H25F2N3O6S/c1-13(2)20-18(9-8-17(33-12-28)10-16(24)11-19(29)30)21(14-4-6-15(23)7-5-14)26-22(25-20)27-34(3,31)32/h4-9,12-13,16-17H,10-11H2,1-3H3,(H,29,30)(H,25,26,27)/b9-8+/t16-,17-/m0/s1. The lowest BCUT2D eigenvalue weighted by atomic mass is 9.97. The first-order chi connectivity index (χ1) is 15.9. The van der Waals surface area contributed by atoms with Crippen LogP contribution in [0.1, 0.15) is 43.9 Å². The molecule has 2 rings (SSSR count). The minimum absolute atomic E-state index is 0.127. The van der Waals surface area contributed by atoms with E-state index < -0.39 is 40.5 Å². The van der Waals surface area contributed by atoms with E-state index in [1.807, 2.05) is 13.8 Å². The Balaban J connectivity index is 2.61. The molecule has 12 heteroatoms. The summed E-state index contributed by atoms with van der Waals surface area (Å²) in [5.74, 6) is -2.23. The highest BCUT2D eigenvalue weighted by atomic mass is 32.2. The van der Waals surface area contributed by atoms with E-state index in [1.165, 1.54) is 36.4 Å². The van der Waals surface area contributed by atoms with E-state index in [2.05, 4.69) is 14.7 Å². The second-order valence-electron chi connectivity index (χ2n) is 7.79. The lowest BCUT2D eigenvalue weighted by Crippen LogP contribution is -2.18. The number of hydrogen-bond acceptors (Lipinski definition) is 7. The summed E-state index contributed by atoms with van der Waals surface area (Å²) in [6, 6.07) is 5.32. The highest BCUT2D eigenvalue weighted by Crippen LogP contribution is 2.31. The summed E-state index contributed by atoms with van der Waals surface area (Å²) in [5, 5.41) is 8.76. The van der Waals surface area contributed by atoms with Gasteiger partial charge < -0.3 is 9.84 Å². The Hall–Kier alpha value is -3.41. The maximum absolute atomic E-state index is 14.0. The number of sulfonamides is 1. The molecule has 0 amide bonds. The highest BCUT2D eigenvalue weighted by Gasteiger charge is 2.21. The number of halogens is 2. The second-order valence-corrected chi connectivity index (χ2v) is 9.54. The molecule has 2 aromatic rings. The molecule has 1 aromatic carbocycles. The van der Waals surface area contributed by atoms with Crippen molar-refractivity contribution < 1.29 is 36.6 Å². The molecule has 184 valence electrons. The fourth-order valence-electron chi connectivity index (χ4n) is 3.11. The first-order valence-electron chi connectivity index (χ1n) is 10.2. The van der Waals surface area contributed by atoms with Crippen LogP contribution in [0, 0.1) is 5.82 Å². The topological polar surface area (TPSA) is 136 Å². The van der Waals surface area contributed by atoms with Gasteiger partial charge in [0.05, 0.1) is 24.1 Å². The van der Waals surface area contributed by atoms with Crippen LogP contribution >= 0.6 is 0 Å². The monoisotopic (exact) mass is 497 g/mol. The molecule has 0 aliphatic rings. The zero-order valence-corrected chi connectivity index (χ0v) is 19.6. The van der Waals surface area contributed by atoms with Gasteiger partial charge in [0.1, 0.15) is 18.1 Å². The van der Waals surface area contributed by atoms with Crippen LogP contribution < -0.4 is 4.72 Å². The molecule has 0 fully saturated rings. The number of hydrogen-bond donors (Lipinski definition) is 2. The molecular weight excluding hydrogens is 472 g/mol. The third-order valence-electron chi connectivity index (χ3n) is 4.51. The molecule has 0 bridgehead atoms. The van der Waals surface area contributed by atoms with Gasteiger partial charge in [0.2, 0.25) is 16.0 Å². The number of nitrogens with zero attached hydrogens (tertiary/aromatic N) is 2. The lowest BCUT2D eigenvalue weighted by Gasteiger charge is -2.17. The van der Waals surface area contributed by atoms with Crippen LogP contribution in [-0.2, 0) is 24.3 Å². The summed E-state index contributed by atoms with van der Waals surface area (Å²) in [5.41, 5.74) is 1.54. The number of nitrogens with one attached hydrogen (secondary N) is 1. The van der Waals surface area contributed by atoms with E-state index in [0.717, 1.165) is 6.26 Å². The zero-order chi connectivity index (χ0) is 25.5. The molecule has 2 atom stereocenters. The molecule has 0 spiro atoms. The van der Waals surface area contributed by atoms with Crippen molar-refractivity contribution in [3.8, 4) is 11.3 Å². The van der Waals surface area contributed by atoms with Crippen molar-refractivity contribution in [1.82, 2.24) is 9.97 Å². The van der Waals surface area contributed by atoms with E-state index >= 15 is 0 Å². The normalized spacial score (nSPS) is 13.6. The van der Waals surface area contributed by atoms with Crippen LogP contribution in [0.5, 0.6) is 0 Å². The van der Waals surface area contributed by atoms with Crippen molar-refractivity contribution in [2.45, 2.75) is 44.9 Å². The fourth-order valence-corrected chi connectivity index (χ4v) is 3.53. The maximum Gasteiger partial charge on any atom is 0.306 e. The number of aromatic nitrogens is 2. The van der Waals surface area contributed by atoms with Crippen molar-refractivity contribution >= 4 is 34.5 Å². The van der Waals surface area contributed by atoms with Gasteiger partial charge in [-0.25, -0.2) is 27.2 Å². The van der Waals surface area contributed by atoms with Gasteiger partial charge in [-0.2, -0.15) is 0 Å². The minimum Gasteiger partial charge on any atom is -0.481 e. The number of carbonyl (C=O) groups is 2. The van der Waals surface area contributed by atoms with E-state index in [1.54, 1.807) is 0 Å². The lowest BCUT2D eigenvalue weighted by molar-refractivity contribution is -0.138. The van der Waals surface area contributed by atoms with E-state index in [0.29, 0.717) is 16.8 Å². The van der Waals surface area contributed by atoms with Gasteiger partial charge in [-0.1, -0.05) is 19.9 Å². The van der Waals surface area contributed by atoms with Gasteiger partial charge in [-0.3, -0.25) is 14.3 Å². The predicted octanol–water partition coefficient (Wildman–Crippen LogP) is 3.54. The number of alkyl halides is 1. The zero-order valence-electron chi connectivity index (χ0n) is 18.7. The molecule has 9 nitrogen and oxygen atoms in total.